The van der Waals surface area contributed by atoms with E-state index in [0.29, 0.717) is 12.8 Å². The first-order chi connectivity index (χ1) is 19.4. The third-order valence-corrected chi connectivity index (χ3v) is 10.7. The Morgan fingerprint density at radius 3 is 1.10 bits per heavy atom. The molecule has 0 aliphatic heterocycles. The molecule has 0 aliphatic carbocycles. The molecule has 41 heavy (non-hydrogen) atoms. The summed E-state index contributed by atoms with van der Waals surface area (Å²) < 4.78 is 3.25. The van der Waals surface area contributed by atoms with E-state index in [-0.39, 0.29) is 44.1 Å². The molecule has 0 aromatic rings. The van der Waals surface area contributed by atoms with Gasteiger partial charge in [0.25, 0.3) is 0 Å². The van der Waals surface area contributed by atoms with Gasteiger partial charge in [0.2, 0.25) is 0 Å². The molecule has 9 heteroatoms. The minimum atomic E-state index is -1.19. The van der Waals surface area contributed by atoms with Crippen molar-refractivity contribution in [1.82, 2.24) is 0 Å². The molecule has 0 bridgehead atoms. The molecule has 0 fully saturated rings. The number of carbonyl (C=O) groups is 4. The Labute approximate surface area is 259 Å². The van der Waals surface area contributed by atoms with Gasteiger partial charge in [-0.3, -0.25) is 0 Å². The van der Waals surface area contributed by atoms with E-state index in [0.717, 1.165) is 63.5 Å². The molecule has 0 heterocycles. The second kappa shape index (κ2) is 31.1. The number of rotatable bonds is 22. The maximum absolute atomic E-state index is 10.8. The fourth-order valence-corrected chi connectivity index (χ4v) is 8.11. The topological polar surface area (TPSA) is 149 Å². The number of unbranched alkanes of at least 4 members (excludes halogenated alkanes) is 4. The summed E-state index contributed by atoms with van der Waals surface area (Å²) in [5, 5.41) is 34.8. The molecule has 4 N–H and O–H groups in total. The van der Waals surface area contributed by atoms with Gasteiger partial charge in [-0.2, -0.15) is 0 Å². The van der Waals surface area contributed by atoms with Crippen molar-refractivity contribution in [2.24, 2.45) is 11.8 Å². The third kappa shape index (κ3) is 30.9. The van der Waals surface area contributed by atoms with Gasteiger partial charge in [0.1, 0.15) is 0 Å². The van der Waals surface area contributed by atoms with Crippen molar-refractivity contribution in [3.8, 4) is 0 Å². The Balaban J connectivity index is -0.000000551. The Hall–Kier alpha value is -1.84. The summed E-state index contributed by atoms with van der Waals surface area (Å²) in [6.45, 7) is 12.7. The van der Waals surface area contributed by atoms with Crippen molar-refractivity contribution in [3.05, 3.63) is 23.3 Å². The van der Waals surface area contributed by atoms with E-state index in [4.69, 9.17) is 20.4 Å². The number of carboxylic acid groups (broad SMARTS) is 4. The molecule has 0 aliphatic rings. The van der Waals surface area contributed by atoms with E-state index in [1.54, 1.807) is 8.87 Å². The molecule has 0 saturated carbocycles. The molecule has 0 aromatic carbocycles. The van der Waals surface area contributed by atoms with Gasteiger partial charge in [0, 0.05) is 23.3 Å². The van der Waals surface area contributed by atoms with Gasteiger partial charge in [-0.25, -0.2) is 19.2 Å². The van der Waals surface area contributed by atoms with Gasteiger partial charge in [0.15, 0.2) is 0 Å². The van der Waals surface area contributed by atoms with Gasteiger partial charge in [-0.05, 0) is 24.7 Å². The molecule has 0 aromatic heterocycles. The Morgan fingerprint density at radius 1 is 0.561 bits per heavy atom. The van der Waals surface area contributed by atoms with Crippen molar-refractivity contribution in [2.45, 2.75) is 140 Å². The van der Waals surface area contributed by atoms with Gasteiger partial charge in [-0.15, -0.1) is 0 Å². The molecule has 0 saturated heterocycles. The van der Waals surface area contributed by atoms with Crippen LogP contribution in [-0.4, -0.2) is 65.4 Å². The van der Waals surface area contributed by atoms with Crippen molar-refractivity contribution in [1.29, 1.82) is 0 Å². The first-order valence-electron chi connectivity index (χ1n) is 15.5. The Kier molecular flexibility index (Phi) is 33.1. The summed E-state index contributed by atoms with van der Waals surface area (Å²) in [6, 6.07) is 0. The number of aliphatic carboxylic acids is 4. The van der Waals surface area contributed by atoms with Crippen LogP contribution in [0.5, 0.6) is 0 Å². The second-order valence-corrected chi connectivity index (χ2v) is 14.6. The van der Waals surface area contributed by atoms with E-state index < -0.39 is 23.9 Å². The van der Waals surface area contributed by atoms with Crippen molar-refractivity contribution >= 4 is 45.0 Å². The fraction of sp³-hybridized carbons (Fsp3) is 0.750. The van der Waals surface area contributed by atoms with E-state index in [1.807, 2.05) is 13.8 Å². The predicted octanol–water partition coefficient (Wildman–Crippen LogP) is 8.50. The summed E-state index contributed by atoms with van der Waals surface area (Å²) >= 11 is 0.149. The zero-order valence-corrected chi connectivity index (χ0v) is 29.4. The second-order valence-electron chi connectivity index (χ2n) is 10.3. The monoisotopic (exact) mass is 690 g/mol. The fourth-order valence-electron chi connectivity index (χ4n) is 3.95. The summed E-state index contributed by atoms with van der Waals surface area (Å²) in [6.07, 6.45) is 16.1. The zero-order valence-electron chi connectivity index (χ0n) is 26.5. The minimum absolute atomic E-state index is 0.00421. The first kappa shape index (κ1) is 43.6. The molecular weight excluding hydrogens is 631 g/mol. The Morgan fingerprint density at radius 2 is 0.878 bits per heavy atom. The van der Waals surface area contributed by atoms with E-state index in [9.17, 15) is 19.2 Å². The van der Waals surface area contributed by atoms with Gasteiger partial charge in [0.05, 0.1) is 0 Å². The average Bonchev–Trinajstić information content (AvgIpc) is 2.92. The quantitative estimate of drug-likeness (QED) is 0.0502. The summed E-state index contributed by atoms with van der Waals surface area (Å²) in [4.78, 5) is 42.6. The van der Waals surface area contributed by atoms with Crippen LogP contribution in [0.1, 0.15) is 131 Å². The van der Waals surface area contributed by atoms with Crippen LogP contribution in [0.25, 0.3) is 0 Å². The van der Waals surface area contributed by atoms with E-state index in [2.05, 4.69) is 27.7 Å². The van der Waals surface area contributed by atoms with Crippen LogP contribution in [0, 0.1) is 11.8 Å². The molecule has 0 amide bonds. The molecule has 8 nitrogen and oxygen atoms in total. The number of hydrogen-bond acceptors (Lipinski definition) is 4. The summed E-state index contributed by atoms with van der Waals surface area (Å²) in [5.41, 5.74) is -0.00842. The first-order valence-corrected chi connectivity index (χ1v) is 19.5. The van der Waals surface area contributed by atoms with E-state index >= 15 is 0 Å². The normalized spacial score (nSPS) is 12.7. The Bertz CT molecular complexity index is 699. The number of carboxylic acids is 4. The molecule has 2 unspecified atom stereocenters. The van der Waals surface area contributed by atoms with Crippen LogP contribution in [0.3, 0.4) is 0 Å². The molecule has 2 radical (unpaired) electrons. The van der Waals surface area contributed by atoms with Crippen molar-refractivity contribution in [2.75, 3.05) is 0 Å². The third-order valence-electron chi connectivity index (χ3n) is 6.66. The van der Waals surface area contributed by atoms with Crippen LogP contribution in [0.4, 0.5) is 0 Å². The van der Waals surface area contributed by atoms with Crippen LogP contribution < -0.4 is 0 Å². The van der Waals surface area contributed by atoms with Crippen LogP contribution in [0.15, 0.2) is 23.3 Å². The SMILES string of the molecule is CCCCC(CC)C/C(=C/C(=O)O)C(=O)O.CCCCC(CC)C/C(=C/C(=O)O)C(=O)O.CCC[CH2][Sn][CH2]CCC. The number of hydrogen-bond donors (Lipinski definition) is 4. The van der Waals surface area contributed by atoms with Gasteiger partial charge < -0.3 is 20.4 Å². The summed E-state index contributed by atoms with van der Waals surface area (Å²) in [7, 11) is 0. The van der Waals surface area contributed by atoms with Gasteiger partial charge >= 0.3 is 93.4 Å². The van der Waals surface area contributed by atoms with Crippen molar-refractivity contribution < 1.29 is 39.6 Å². The maximum atomic E-state index is 10.8. The molecular formula is C32H58O8Sn. The zero-order chi connectivity index (χ0) is 32.1. The molecule has 2 atom stereocenters. The van der Waals surface area contributed by atoms with Gasteiger partial charge in [-0.1, -0.05) is 79.1 Å². The molecule has 0 spiro atoms. The van der Waals surface area contributed by atoms with Crippen molar-refractivity contribution in [3.63, 3.8) is 0 Å². The molecule has 238 valence electrons. The van der Waals surface area contributed by atoms with E-state index in [1.165, 1.54) is 25.7 Å². The van der Waals surface area contributed by atoms with Crippen LogP contribution in [0.2, 0.25) is 8.87 Å². The summed E-state index contributed by atoms with van der Waals surface area (Å²) in [5.74, 6) is -4.11. The predicted molar refractivity (Wildman–Crippen MR) is 168 cm³/mol. The standard InChI is InChI=1S/2C12H20O4.2C4H9.Sn/c2*1-3-5-6-9(4-2)7-10(12(15)16)8-11(13)14;2*1-3-4-2;/h2*8-9H,3-7H2,1-2H3,(H,13,14)(H,15,16);2*1,3-4H2,2H3;/b2*10-8-;;;. The van der Waals surface area contributed by atoms with Crippen LogP contribution in [-0.2, 0) is 19.2 Å². The van der Waals surface area contributed by atoms with Crippen LogP contribution >= 0.6 is 0 Å². The average molecular weight is 690 g/mol. The molecule has 0 rings (SSSR count).